The molecule has 1 unspecified atom stereocenters. The number of aromatic nitrogens is 2. The van der Waals surface area contributed by atoms with Gasteiger partial charge in [0.25, 0.3) is 0 Å². The topological polar surface area (TPSA) is 58.4 Å². The van der Waals surface area contributed by atoms with Crippen molar-refractivity contribution in [3.63, 3.8) is 0 Å². The molecule has 0 amide bonds. The zero-order valence-electron chi connectivity index (χ0n) is 13.5. The van der Waals surface area contributed by atoms with Crippen LogP contribution in [0, 0.1) is 0 Å². The van der Waals surface area contributed by atoms with Crippen molar-refractivity contribution in [1.29, 1.82) is 0 Å². The summed E-state index contributed by atoms with van der Waals surface area (Å²) in [6, 6.07) is 2.09. The predicted octanol–water partition coefficient (Wildman–Crippen LogP) is 1.46. The van der Waals surface area contributed by atoms with Gasteiger partial charge in [0, 0.05) is 19.3 Å². The van der Waals surface area contributed by atoms with Gasteiger partial charge >= 0.3 is 0 Å². The van der Waals surface area contributed by atoms with Crippen molar-refractivity contribution in [1.82, 2.24) is 19.0 Å². The van der Waals surface area contributed by atoms with E-state index in [0.29, 0.717) is 13.1 Å². The van der Waals surface area contributed by atoms with Crippen molar-refractivity contribution in [3.05, 3.63) is 18.0 Å². The highest BCUT2D eigenvalue weighted by Gasteiger charge is 2.42. The van der Waals surface area contributed by atoms with Gasteiger partial charge in [0.05, 0.1) is 23.5 Å². The number of nitrogens with zero attached hydrogens (tertiary/aromatic N) is 4. The Labute approximate surface area is 133 Å². The van der Waals surface area contributed by atoms with Crippen molar-refractivity contribution in [2.45, 2.75) is 50.9 Å². The summed E-state index contributed by atoms with van der Waals surface area (Å²) >= 11 is 0. The van der Waals surface area contributed by atoms with E-state index in [1.54, 1.807) is 10.5 Å². The van der Waals surface area contributed by atoms with Crippen LogP contribution in [-0.2, 0) is 16.6 Å². The fourth-order valence-corrected chi connectivity index (χ4v) is 5.05. The van der Waals surface area contributed by atoms with E-state index in [0.717, 1.165) is 44.6 Å². The number of hydrogen-bond acceptors (Lipinski definition) is 4. The third kappa shape index (κ3) is 3.07. The summed E-state index contributed by atoms with van der Waals surface area (Å²) in [5.74, 6) is 0. The lowest BCUT2D eigenvalue weighted by molar-refractivity contribution is 0.218. The molecule has 1 aliphatic carbocycles. The lowest BCUT2D eigenvalue weighted by Crippen LogP contribution is -2.43. The van der Waals surface area contributed by atoms with E-state index in [1.807, 2.05) is 10.7 Å². The van der Waals surface area contributed by atoms with Crippen LogP contribution in [0.25, 0.3) is 0 Å². The van der Waals surface area contributed by atoms with Crippen molar-refractivity contribution in [3.8, 4) is 0 Å². The normalized spacial score (nSPS) is 23.0. The molecule has 22 heavy (non-hydrogen) atoms. The molecule has 1 saturated carbocycles. The number of fused-ring (bicyclic) bond motifs is 1. The summed E-state index contributed by atoms with van der Waals surface area (Å²) in [4.78, 5) is 2.37. The second-order valence-corrected chi connectivity index (χ2v) is 8.49. The fraction of sp³-hybridized carbons (Fsp3) is 0.800. The van der Waals surface area contributed by atoms with Gasteiger partial charge in [0.15, 0.2) is 0 Å². The van der Waals surface area contributed by atoms with Crippen LogP contribution in [-0.4, -0.2) is 58.8 Å². The SMILES string of the molecule is CCN(CC)CCC1CN(S(=O)(=O)C2CC2)Cc2ccnn21. The van der Waals surface area contributed by atoms with E-state index in [-0.39, 0.29) is 11.3 Å². The molecule has 124 valence electrons. The van der Waals surface area contributed by atoms with E-state index in [4.69, 9.17) is 0 Å². The maximum Gasteiger partial charge on any atom is 0.217 e. The highest BCUT2D eigenvalue weighted by Crippen LogP contribution is 2.34. The van der Waals surface area contributed by atoms with Crippen LogP contribution >= 0.6 is 0 Å². The Morgan fingerprint density at radius 3 is 2.68 bits per heavy atom. The summed E-state index contributed by atoms with van der Waals surface area (Å²) in [7, 11) is -3.11. The molecule has 3 rings (SSSR count). The van der Waals surface area contributed by atoms with Gasteiger partial charge in [0.1, 0.15) is 0 Å². The van der Waals surface area contributed by atoms with Gasteiger partial charge in [-0.2, -0.15) is 9.40 Å². The minimum Gasteiger partial charge on any atom is -0.304 e. The van der Waals surface area contributed by atoms with E-state index >= 15 is 0 Å². The second kappa shape index (κ2) is 6.29. The average molecular weight is 326 g/mol. The van der Waals surface area contributed by atoms with Gasteiger partial charge in [0.2, 0.25) is 10.0 Å². The van der Waals surface area contributed by atoms with E-state index in [2.05, 4.69) is 23.8 Å². The molecule has 0 saturated heterocycles. The maximum atomic E-state index is 12.6. The van der Waals surface area contributed by atoms with E-state index in [9.17, 15) is 8.42 Å². The molecule has 0 bridgehead atoms. The van der Waals surface area contributed by atoms with Crippen LogP contribution < -0.4 is 0 Å². The molecular formula is C15H26N4O2S. The maximum absolute atomic E-state index is 12.6. The molecule has 6 nitrogen and oxygen atoms in total. The van der Waals surface area contributed by atoms with Crippen LogP contribution in [0.1, 0.15) is 44.8 Å². The van der Waals surface area contributed by atoms with Gasteiger partial charge < -0.3 is 4.90 Å². The molecule has 2 aliphatic rings. The lowest BCUT2D eigenvalue weighted by atomic mass is 10.1. The monoisotopic (exact) mass is 326 g/mol. The molecule has 1 atom stereocenters. The number of hydrogen-bond donors (Lipinski definition) is 0. The molecule has 1 aromatic heterocycles. The largest absolute Gasteiger partial charge is 0.304 e. The molecule has 0 radical (unpaired) electrons. The Hall–Kier alpha value is -0.920. The molecule has 0 spiro atoms. The van der Waals surface area contributed by atoms with Crippen molar-refractivity contribution < 1.29 is 8.42 Å². The van der Waals surface area contributed by atoms with Crippen LogP contribution in [0.2, 0.25) is 0 Å². The number of rotatable bonds is 7. The molecule has 1 aliphatic heterocycles. The van der Waals surface area contributed by atoms with E-state index in [1.165, 1.54) is 0 Å². The quantitative estimate of drug-likeness (QED) is 0.761. The summed E-state index contributed by atoms with van der Waals surface area (Å²) < 4.78 is 28.8. The summed E-state index contributed by atoms with van der Waals surface area (Å²) in [5, 5.41) is 4.29. The Balaban J connectivity index is 1.75. The van der Waals surface area contributed by atoms with Crippen molar-refractivity contribution in [2.24, 2.45) is 0 Å². The van der Waals surface area contributed by atoms with E-state index < -0.39 is 10.0 Å². The molecular weight excluding hydrogens is 300 g/mol. The Kier molecular flexibility index (Phi) is 4.56. The predicted molar refractivity (Wildman–Crippen MR) is 86.0 cm³/mol. The van der Waals surface area contributed by atoms with Gasteiger partial charge in [-0.15, -0.1) is 0 Å². The zero-order chi connectivity index (χ0) is 15.7. The average Bonchev–Trinajstić information content (AvgIpc) is 3.27. The minimum absolute atomic E-state index is 0.134. The van der Waals surface area contributed by atoms with Crippen LogP contribution in [0.4, 0.5) is 0 Å². The standard InChI is InChI=1S/C15H26N4O2S/c1-3-17(4-2)10-8-14-12-18(22(20,21)15-5-6-15)11-13-7-9-16-19(13)14/h7,9,14-15H,3-6,8,10-12H2,1-2H3. The Morgan fingerprint density at radius 1 is 1.32 bits per heavy atom. The molecule has 0 aromatic carbocycles. The third-order valence-corrected chi connectivity index (χ3v) is 7.14. The second-order valence-electron chi connectivity index (χ2n) is 6.27. The van der Waals surface area contributed by atoms with Crippen LogP contribution in [0.15, 0.2) is 12.3 Å². The summed E-state index contributed by atoms with van der Waals surface area (Å²) in [6.45, 7) is 8.39. The lowest BCUT2D eigenvalue weighted by Gasteiger charge is -2.34. The van der Waals surface area contributed by atoms with Gasteiger partial charge in [-0.1, -0.05) is 13.8 Å². The summed E-state index contributed by atoms with van der Waals surface area (Å²) in [5.41, 5.74) is 1.01. The molecule has 0 N–H and O–H groups in total. The Morgan fingerprint density at radius 2 is 2.05 bits per heavy atom. The zero-order valence-corrected chi connectivity index (χ0v) is 14.3. The van der Waals surface area contributed by atoms with Crippen molar-refractivity contribution >= 4 is 10.0 Å². The first-order chi connectivity index (χ1) is 10.6. The minimum atomic E-state index is -3.11. The smallest absolute Gasteiger partial charge is 0.217 e. The Bertz CT molecular complexity index is 605. The fourth-order valence-electron chi connectivity index (χ4n) is 3.21. The first-order valence-corrected chi connectivity index (χ1v) is 9.80. The first kappa shape index (κ1) is 16.0. The molecule has 1 aromatic rings. The van der Waals surface area contributed by atoms with Gasteiger partial charge in [-0.3, -0.25) is 4.68 Å². The highest BCUT2D eigenvalue weighted by atomic mass is 32.2. The van der Waals surface area contributed by atoms with Gasteiger partial charge in [-0.05, 0) is 38.4 Å². The first-order valence-electron chi connectivity index (χ1n) is 8.30. The highest BCUT2D eigenvalue weighted by molar-refractivity contribution is 7.90. The number of sulfonamides is 1. The molecule has 2 heterocycles. The van der Waals surface area contributed by atoms with Crippen LogP contribution in [0.5, 0.6) is 0 Å². The molecule has 7 heteroatoms. The van der Waals surface area contributed by atoms with Crippen LogP contribution in [0.3, 0.4) is 0 Å². The summed E-state index contributed by atoms with van der Waals surface area (Å²) in [6.07, 6.45) is 4.37. The van der Waals surface area contributed by atoms with Gasteiger partial charge in [-0.25, -0.2) is 8.42 Å². The third-order valence-electron chi connectivity index (χ3n) is 4.83. The molecule has 1 fully saturated rings. The van der Waals surface area contributed by atoms with Crippen molar-refractivity contribution in [2.75, 3.05) is 26.2 Å².